The number of nitrogens with zero attached hydrogens (tertiary/aromatic N) is 1. The number of amides is 1. The zero-order chi connectivity index (χ0) is 25.9. The van der Waals surface area contributed by atoms with Gasteiger partial charge in [-0.3, -0.25) is 9.10 Å². The van der Waals surface area contributed by atoms with Crippen LogP contribution in [0.4, 0.5) is 5.69 Å². The van der Waals surface area contributed by atoms with E-state index in [1.165, 1.54) is 34.9 Å². The molecule has 36 heavy (non-hydrogen) atoms. The summed E-state index contributed by atoms with van der Waals surface area (Å²) in [5.41, 5.74) is 1.51. The summed E-state index contributed by atoms with van der Waals surface area (Å²) in [5, 5.41) is 3.84. The average molecular weight is 525 g/mol. The summed E-state index contributed by atoms with van der Waals surface area (Å²) in [7, 11) is -0.620. The molecule has 7 nitrogen and oxygen atoms in total. The number of anilines is 1. The van der Waals surface area contributed by atoms with E-state index in [1.807, 2.05) is 37.3 Å². The molecule has 4 rings (SSSR count). The van der Waals surface area contributed by atoms with Crippen LogP contribution in [0.2, 0.25) is 0 Å². The van der Waals surface area contributed by atoms with Gasteiger partial charge in [-0.05, 0) is 85.5 Å². The number of rotatable bonds is 9. The molecule has 0 radical (unpaired) electrons. The molecule has 188 valence electrons. The Labute approximate surface area is 215 Å². The number of hydrogen-bond acceptors (Lipinski definition) is 6. The number of methoxy groups -OCH3 is 2. The lowest BCUT2D eigenvalue weighted by molar-refractivity contribution is 0.0944. The highest BCUT2D eigenvalue weighted by molar-refractivity contribution is 7.92. The van der Waals surface area contributed by atoms with Gasteiger partial charge in [-0.15, -0.1) is 11.3 Å². The summed E-state index contributed by atoms with van der Waals surface area (Å²) in [6.45, 7) is 3.98. The van der Waals surface area contributed by atoms with Crippen molar-refractivity contribution in [1.29, 1.82) is 0 Å². The standard InChI is InChI=1S/C27H28N2O5S2/c1-5-29(36(31,32)24-13-11-23(34-4)12-14-24)21-8-15-25-20(16-21)17-26(35-25)27(30)28-18(2)19-6-9-22(33-3)10-7-19/h6-18H,5H2,1-4H3,(H,28,30)/t18-/m0/s1. The second kappa shape index (κ2) is 10.6. The van der Waals surface area contributed by atoms with Crippen molar-refractivity contribution in [3.8, 4) is 11.5 Å². The zero-order valence-corrected chi connectivity index (χ0v) is 22.2. The van der Waals surface area contributed by atoms with Gasteiger partial charge in [0.05, 0.1) is 35.7 Å². The topological polar surface area (TPSA) is 84.9 Å². The van der Waals surface area contributed by atoms with Crippen molar-refractivity contribution in [2.45, 2.75) is 24.8 Å². The number of hydrogen-bond donors (Lipinski definition) is 1. The van der Waals surface area contributed by atoms with Gasteiger partial charge in [0.15, 0.2) is 0 Å². The summed E-state index contributed by atoms with van der Waals surface area (Å²) in [6.07, 6.45) is 0. The van der Waals surface area contributed by atoms with Gasteiger partial charge >= 0.3 is 0 Å². The maximum atomic E-state index is 13.3. The maximum Gasteiger partial charge on any atom is 0.264 e. The number of benzene rings is 3. The number of carbonyl (C=O) groups excluding carboxylic acids is 1. The molecular weight excluding hydrogens is 496 g/mol. The Morgan fingerprint density at radius 3 is 2.14 bits per heavy atom. The van der Waals surface area contributed by atoms with Gasteiger partial charge in [-0.25, -0.2) is 8.42 Å². The van der Waals surface area contributed by atoms with Crippen LogP contribution in [0.5, 0.6) is 11.5 Å². The van der Waals surface area contributed by atoms with Crippen LogP contribution in [0.25, 0.3) is 10.1 Å². The van der Waals surface area contributed by atoms with Gasteiger partial charge in [0.25, 0.3) is 15.9 Å². The highest BCUT2D eigenvalue weighted by atomic mass is 32.2. The van der Waals surface area contributed by atoms with Crippen molar-refractivity contribution in [2.24, 2.45) is 0 Å². The van der Waals surface area contributed by atoms with Crippen LogP contribution in [-0.4, -0.2) is 35.1 Å². The van der Waals surface area contributed by atoms with Crippen LogP contribution in [0.15, 0.2) is 77.7 Å². The Balaban J connectivity index is 1.56. The molecule has 0 spiro atoms. The monoisotopic (exact) mass is 524 g/mol. The van der Waals surface area contributed by atoms with Crippen molar-refractivity contribution in [3.63, 3.8) is 0 Å². The molecule has 0 aliphatic heterocycles. The van der Waals surface area contributed by atoms with Crippen molar-refractivity contribution < 1.29 is 22.7 Å². The maximum absolute atomic E-state index is 13.3. The summed E-state index contributed by atoms with van der Waals surface area (Å²) in [5.74, 6) is 1.16. The first-order chi connectivity index (χ1) is 17.3. The molecule has 0 fully saturated rings. The molecule has 0 saturated carbocycles. The van der Waals surface area contributed by atoms with Crippen LogP contribution in [0.1, 0.15) is 35.1 Å². The summed E-state index contributed by atoms with van der Waals surface area (Å²) in [4.78, 5) is 13.7. The quantitative estimate of drug-likeness (QED) is 0.307. The van der Waals surface area contributed by atoms with E-state index >= 15 is 0 Å². The number of nitrogens with one attached hydrogen (secondary N) is 1. The van der Waals surface area contributed by atoms with E-state index in [2.05, 4.69) is 5.32 Å². The van der Waals surface area contributed by atoms with E-state index in [4.69, 9.17) is 9.47 Å². The van der Waals surface area contributed by atoms with Crippen molar-refractivity contribution in [2.75, 3.05) is 25.1 Å². The lowest BCUT2D eigenvalue weighted by Gasteiger charge is -2.23. The molecule has 1 N–H and O–H groups in total. The number of carbonyl (C=O) groups is 1. The molecule has 4 aromatic rings. The van der Waals surface area contributed by atoms with E-state index in [9.17, 15) is 13.2 Å². The smallest absolute Gasteiger partial charge is 0.264 e. The van der Waals surface area contributed by atoms with E-state index in [0.717, 1.165) is 21.4 Å². The molecule has 1 heterocycles. The number of thiophene rings is 1. The summed E-state index contributed by atoms with van der Waals surface area (Å²) >= 11 is 1.37. The normalized spacial score (nSPS) is 12.2. The number of ether oxygens (including phenoxy) is 2. The molecule has 0 aliphatic rings. The highest BCUT2D eigenvalue weighted by Gasteiger charge is 2.24. The molecule has 1 atom stereocenters. The molecule has 1 amide bonds. The predicted octanol–water partition coefficient (Wildman–Crippen LogP) is 5.62. The van der Waals surface area contributed by atoms with Gasteiger partial charge in [0.2, 0.25) is 0 Å². The minimum Gasteiger partial charge on any atom is -0.497 e. The molecule has 9 heteroatoms. The minimum absolute atomic E-state index is 0.181. The van der Waals surface area contributed by atoms with Crippen LogP contribution >= 0.6 is 11.3 Å². The Hall–Kier alpha value is -3.56. The fourth-order valence-corrected chi connectivity index (χ4v) is 6.32. The van der Waals surface area contributed by atoms with Crippen LogP contribution < -0.4 is 19.1 Å². The highest BCUT2D eigenvalue weighted by Crippen LogP contribution is 2.32. The molecule has 0 saturated heterocycles. The molecular formula is C27H28N2O5S2. The zero-order valence-electron chi connectivity index (χ0n) is 20.5. The third-order valence-electron chi connectivity index (χ3n) is 5.91. The Bertz CT molecular complexity index is 1460. The van der Waals surface area contributed by atoms with Gasteiger partial charge in [0, 0.05) is 11.2 Å². The largest absolute Gasteiger partial charge is 0.497 e. The second-order valence-corrected chi connectivity index (χ2v) is 11.1. The Morgan fingerprint density at radius 2 is 1.56 bits per heavy atom. The second-order valence-electron chi connectivity index (χ2n) is 8.15. The minimum atomic E-state index is -3.77. The van der Waals surface area contributed by atoms with Crippen LogP contribution in [0, 0.1) is 0 Å². The summed E-state index contributed by atoms with van der Waals surface area (Å²) in [6, 6.07) is 20.9. The lowest BCUT2D eigenvalue weighted by Crippen LogP contribution is -2.30. The van der Waals surface area contributed by atoms with Crippen molar-refractivity contribution in [1.82, 2.24) is 5.32 Å². The Morgan fingerprint density at radius 1 is 0.944 bits per heavy atom. The summed E-state index contributed by atoms with van der Waals surface area (Å²) < 4.78 is 39.2. The van der Waals surface area contributed by atoms with Crippen molar-refractivity contribution >= 4 is 43.0 Å². The molecule has 0 bridgehead atoms. The first-order valence-electron chi connectivity index (χ1n) is 11.4. The lowest BCUT2D eigenvalue weighted by atomic mass is 10.1. The van der Waals surface area contributed by atoms with E-state index in [-0.39, 0.29) is 23.4 Å². The third-order valence-corrected chi connectivity index (χ3v) is 8.94. The fourth-order valence-electron chi connectivity index (χ4n) is 3.91. The molecule has 1 aromatic heterocycles. The molecule has 3 aromatic carbocycles. The van der Waals surface area contributed by atoms with Gasteiger partial charge in [0.1, 0.15) is 11.5 Å². The van der Waals surface area contributed by atoms with E-state index < -0.39 is 10.0 Å². The van der Waals surface area contributed by atoms with Gasteiger partial charge < -0.3 is 14.8 Å². The SMILES string of the molecule is CCN(c1ccc2sc(C(=O)N[C@@H](C)c3ccc(OC)cc3)cc2c1)S(=O)(=O)c1ccc(OC)cc1. The first-order valence-corrected chi connectivity index (χ1v) is 13.7. The van der Waals surface area contributed by atoms with Gasteiger partial charge in [-0.1, -0.05) is 12.1 Å². The third kappa shape index (κ3) is 5.17. The van der Waals surface area contributed by atoms with Gasteiger partial charge in [-0.2, -0.15) is 0 Å². The van der Waals surface area contributed by atoms with Crippen molar-refractivity contribution in [3.05, 3.63) is 83.2 Å². The predicted molar refractivity (Wildman–Crippen MR) is 144 cm³/mol. The average Bonchev–Trinajstić information content (AvgIpc) is 3.33. The number of sulfonamides is 1. The molecule has 0 aliphatic carbocycles. The Kier molecular flexibility index (Phi) is 7.51. The van der Waals surface area contributed by atoms with Crippen LogP contribution in [0.3, 0.4) is 0 Å². The van der Waals surface area contributed by atoms with E-state index in [0.29, 0.717) is 16.3 Å². The first kappa shape index (κ1) is 25.5. The fraction of sp³-hybridized carbons (Fsp3) is 0.222. The number of fused-ring (bicyclic) bond motifs is 1. The van der Waals surface area contributed by atoms with E-state index in [1.54, 1.807) is 44.4 Å². The van der Waals surface area contributed by atoms with Crippen LogP contribution in [-0.2, 0) is 10.0 Å². The molecule has 0 unspecified atom stereocenters.